The molecule has 1 fully saturated rings. The van der Waals surface area contributed by atoms with Crippen LogP contribution in [0.1, 0.15) is 45.8 Å². The van der Waals surface area contributed by atoms with Gasteiger partial charge in [0.2, 0.25) is 0 Å². The molecule has 0 aliphatic heterocycles. The number of hydrogen-bond acceptors (Lipinski definition) is 3. The molecular formula is C13H19NO2S. The molecule has 4 heteroatoms. The zero-order valence-corrected chi connectivity index (χ0v) is 11.1. The van der Waals surface area contributed by atoms with E-state index in [2.05, 4.69) is 5.32 Å². The predicted octanol–water partition coefficient (Wildman–Crippen LogP) is 2.40. The molecule has 1 aromatic rings. The van der Waals surface area contributed by atoms with Crippen LogP contribution in [0.15, 0.2) is 6.07 Å². The van der Waals surface area contributed by atoms with Crippen molar-refractivity contribution in [2.45, 2.75) is 51.7 Å². The second kappa shape index (κ2) is 5.19. The number of aryl methyl sites for hydroxylation is 2. The second-order valence-electron chi connectivity index (χ2n) is 4.76. The van der Waals surface area contributed by atoms with Gasteiger partial charge in [-0.25, -0.2) is 0 Å². The average molecular weight is 253 g/mol. The summed E-state index contributed by atoms with van der Waals surface area (Å²) in [5.74, 6) is -0.0437. The molecular weight excluding hydrogens is 234 g/mol. The van der Waals surface area contributed by atoms with Crippen LogP contribution in [0, 0.1) is 13.8 Å². The van der Waals surface area contributed by atoms with Gasteiger partial charge in [0.25, 0.3) is 5.91 Å². The van der Waals surface area contributed by atoms with Crippen LogP contribution in [0.5, 0.6) is 0 Å². The summed E-state index contributed by atoms with van der Waals surface area (Å²) in [5.41, 5.74) is 0.755. The van der Waals surface area contributed by atoms with Crippen LogP contribution in [-0.2, 0) is 0 Å². The van der Waals surface area contributed by atoms with Gasteiger partial charge in [0.05, 0.1) is 17.7 Å². The highest BCUT2D eigenvalue weighted by atomic mass is 32.1. The molecule has 1 saturated carbocycles. The highest BCUT2D eigenvalue weighted by Gasteiger charge is 2.25. The Balaban J connectivity index is 2.03. The lowest BCUT2D eigenvalue weighted by molar-refractivity contribution is 0.0717. The third-order valence-corrected chi connectivity index (χ3v) is 4.30. The van der Waals surface area contributed by atoms with Gasteiger partial charge in [-0.2, -0.15) is 0 Å². The van der Waals surface area contributed by atoms with Crippen molar-refractivity contribution in [3.05, 3.63) is 21.4 Å². The first-order valence-corrected chi connectivity index (χ1v) is 6.95. The number of hydrogen-bond donors (Lipinski definition) is 2. The molecule has 1 aliphatic rings. The van der Waals surface area contributed by atoms with Gasteiger partial charge in [-0.05, 0) is 32.8 Å². The molecule has 17 heavy (non-hydrogen) atoms. The number of nitrogens with one attached hydrogen (secondary N) is 1. The van der Waals surface area contributed by atoms with Crippen molar-refractivity contribution in [3.63, 3.8) is 0 Å². The van der Waals surface area contributed by atoms with Crippen LogP contribution in [0.25, 0.3) is 0 Å². The highest BCUT2D eigenvalue weighted by molar-refractivity contribution is 7.12. The molecule has 0 saturated heterocycles. The summed E-state index contributed by atoms with van der Waals surface area (Å²) in [6.07, 6.45) is 3.45. The van der Waals surface area contributed by atoms with Crippen LogP contribution in [0.2, 0.25) is 0 Å². The molecule has 1 amide bonds. The number of rotatable bonds is 2. The standard InChI is InChI=1S/C13H19NO2S/c1-8-7-10(9(2)17-8)13(16)14-11-5-3-4-6-12(11)15/h7,11-12,15H,3-6H2,1-2H3,(H,14,16). The number of carbonyl (C=O) groups is 1. The third kappa shape index (κ3) is 2.87. The van der Waals surface area contributed by atoms with Crippen molar-refractivity contribution >= 4 is 17.2 Å². The minimum Gasteiger partial charge on any atom is -0.391 e. The van der Waals surface area contributed by atoms with Crippen molar-refractivity contribution in [1.29, 1.82) is 0 Å². The van der Waals surface area contributed by atoms with Crippen LogP contribution in [0.4, 0.5) is 0 Å². The number of amides is 1. The van der Waals surface area contributed by atoms with Gasteiger partial charge in [0.1, 0.15) is 0 Å². The van der Waals surface area contributed by atoms with Gasteiger partial charge in [0, 0.05) is 9.75 Å². The van der Waals surface area contributed by atoms with E-state index in [1.54, 1.807) is 11.3 Å². The summed E-state index contributed by atoms with van der Waals surface area (Å²) in [4.78, 5) is 14.3. The van der Waals surface area contributed by atoms with E-state index in [1.165, 1.54) is 0 Å². The maximum absolute atomic E-state index is 12.1. The van der Waals surface area contributed by atoms with Crippen LogP contribution < -0.4 is 5.32 Å². The number of aliphatic hydroxyl groups excluding tert-OH is 1. The van der Waals surface area contributed by atoms with E-state index in [4.69, 9.17) is 0 Å². The van der Waals surface area contributed by atoms with Crippen molar-refractivity contribution in [1.82, 2.24) is 5.32 Å². The number of aliphatic hydroxyl groups is 1. The van der Waals surface area contributed by atoms with E-state index in [0.29, 0.717) is 0 Å². The Bertz CT molecular complexity index is 414. The molecule has 0 bridgehead atoms. The molecule has 2 atom stereocenters. The minimum absolute atomic E-state index is 0.0437. The molecule has 2 N–H and O–H groups in total. The third-order valence-electron chi connectivity index (χ3n) is 3.33. The molecule has 0 spiro atoms. The Kier molecular flexibility index (Phi) is 3.84. The first-order chi connectivity index (χ1) is 8.08. The lowest BCUT2D eigenvalue weighted by atomic mass is 9.92. The lowest BCUT2D eigenvalue weighted by Gasteiger charge is -2.28. The SMILES string of the molecule is Cc1cc(C(=O)NC2CCCCC2O)c(C)s1. The highest BCUT2D eigenvalue weighted by Crippen LogP contribution is 2.22. The molecule has 1 aliphatic carbocycles. The molecule has 1 aromatic heterocycles. The molecule has 3 nitrogen and oxygen atoms in total. The van der Waals surface area contributed by atoms with E-state index < -0.39 is 0 Å². The Labute approximate surface area is 106 Å². The molecule has 0 aromatic carbocycles. The summed E-state index contributed by atoms with van der Waals surface area (Å²) < 4.78 is 0. The van der Waals surface area contributed by atoms with Gasteiger partial charge in [-0.1, -0.05) is 12.8 Å². The molecule has 0 radical (unpaired) electrons. The Morgan fingerprint density at radius 3 is 2.71 bits per heavy atom. The summed E-state index contributed by atoms with van der Waals surface area (Å²) in [6.45, 7) is 3.97. The quantitative estimate of drug-likeness (QED) is 0.850. The maximum Gasteiger partial charge on any atom is 0.252 e. The predicted molar refractivity (Wildman–Crippen MR) is 69.5 cm³/mol. The summed E-state index contributed by atoms with van der Waals surface area (Å²) in [6, 6.07) is 1.85. The fraction of sp³-hybridized carbons (Fsp3) is 0.615. The van der Waals surface area contributed by atoms with Crippen molar-refractivity contribution in [2.75, 3.05) is 0 Å². The Morgan fingerprint density at radius 1 is 1.41 bits per heavy atom. The monoisotopic (exact) mass is 253 g/mol. The number of carbonyl (C=O) groups excluding carboxylic acids is 1. The molecule has 94 valence electrons. The van der Waals surface area contributed by atoms with Gasteiger partial charge in [-0.3, -0.25) is 4.79 Å². The van der Waals surface area contributed by atoms with E-state index in [1.807, 2.05) is 19.9 Å². The van der Waals surface area contributed by atoms with Gasteiger partial charge >= 0.3 is 0 Å². The van der Waals surface area contributed by atoms with Crippen LogP contribution >= 0.6 is 11.3 Å². The molecule has 2 unspecified atom stereocenters. The Hall–Kier alpha value is -0.870. The zero-order valence-electron chi connectivity index (χ0n) is 10.3. The smallest absolute Gasteiger partial charge is 0.252 e. The molecule has 2 rings (SSSR count). The zero-order chi connectivity index (χ0) is 12.4. The van der Waals surface area contributed by atoms with Crippen molar-refractivity contribution in [2.24, 2.45) is 0 Å². The summed E-state index contributed by atoms with van der Waals surface area (Å²) in [7, 11) is 0. The average Bonchev–Trinajstić information content (AvgIpc) is 2.61. The van der Waals surface area contributed by atoms with Gasteiger partial charge in [-0.15, -0.1) is 11.3 Å². The first kappa shape index (κ1) is 12.6. The lowest BCUT2D eigenvalue weighted by Crippen LogP contribution is -2.45. The second-order valence-corrected chi connectivity index (χ2v) is 6.22. The summed E-state index contributed by atoms with van der Waals surface area (Å²) >= 11 is 1.64. The number of thiophene rings is 1. The Morgan fingerprint density at radius 2 is 2.12 bits per heavy atom. The van der Waals surface area contributed by atoms with Crippen molar-refractivity contribution in [3.8, 4) is 0 Å². The fourth-order valence-corrected chi connectivity index (χ4v) is 3.30. The first-order valence-electron chi connectivity index (χ1n) is 6.14. The minimum atomic E-state index is -0.382. The van der Waals surface area contributed by atoms with Crippen molar-refractivity contribution < 1.29 is 9.90 Å². The van der Waals surface area contributed by atoms with Crippen LogP contribution in [0.3, 0.4) is 0 Å². The normalized spacial score (nSPS) is 24.6. The van der Waals surface area contributed by atoms with Gasteiger partial charge < -0.3 is 10.4 Å². The van der Waals surface area contributed by atoms with Gasteiger partial charge in [0.15, 0.2) is 0 Å². The molecule has 1 heterocycles. The van der Waals surface area contributed by atoms with E-state index >= 15 is 0 Å². The summed E-state index contributed by atoms with van der Waals surface area (Å²) in [5, 5.41) is 12.8. The largest absolute Gasteiger partial charge is 0.391 e. The van der Waals surface area contributed by atoms with E-state index in [-0.39, 0.29) is 18.1 Å². The van der Waals surface area contributed by atoms with E-state index in [9.17, 15) is 9.90 Å². The van der Waals surface area contributed by atoms with Crippen LogP contribution in [-0.4, -0.2) is 23.2 Å². The maximum atomic E-state index is 12.1. The topological polar surface area (TPSA) is 49.3 Å². The van der Waals surface area contributed by atoms with E-state index in [0.717, 1.165) is 41.0 Å². The fourth-order valence-electron chi connectivity index (χ4n) is 2.38.